The van der Waals surface area contributed by atoms with Crippen LogP contribution in [0.4, 0.5) is 5.69 Å². The van der Waals surface area contributed by atoms with E-state index in [0.29, 0.717) is 0 Å². The molecule has 0 aliphatic carbocycles. The zero-order valence-corrected chi connectivity index (χ0v) is 8.30. The number of nitrogens with zero attached hydrogens (tertiary/aromatic N) is 1. The number of nitrogens with one attached hydrogen (secondary N) is 1. The van der Waals surface area contributed by atoms with Gasteiger partial charge in [-0.25, -0.2) is 10.8 Å². The molecule has 12 heavy (non-hydrogen) atoms. The van der Waals surface area contributed by atoms with E-state index in [2.05, 4.69) is 26.3 Å². The van der Waals surface area contributed by atoms with Crippen molar-refractivity contribution in [3.05, 3.63) is 28.2 Å². The first kappa shape index (κ1) is 9.22. The largest absolute Gasteiger partial charge is 0.315 e. The lowest BCUT2D eigenvalue weighted by Crippen LogP contribution is -2.18. The summed E-state index contributed by atoms with van der Waals surface area (Å²) < 4.78 is 1.09. The van der Waals surface area contributed by atoms with Gasteiger partial charge >= 0.3 is 0 Å². The lowest BCUT2D eigenvalue weighted by Gasteiger charge is -1.98. The fraction of sp³-hybridized carbons (Fsp3) is 0.125. The molecule has 0 heterocycles. The Hall–Kier alpha value is -0.870. The van der Waals surface area contributed by atoms with Gasteiger partial charge in [-0.15, -0.1) is 0 Å². The van der Waals surface area contributed by atoms with Crippen LogP contribution in [-0.4, -0.2) is 6.34 Å². The second kappa shape index (κ2) is 4.23. The fourth-order valence-electron chi connectivity index (χ4n) is 0.821. The van der Waals surface area contributed by atoms with Crippen LogP contribution in [0.25, 0.3) is 0 Å². The summed E-state index contributed by atoms with van der Waals surface area (Å²) >= 11 is 3.41. The smallest absolute Gasteiger partial charge is 0.103 e. The monoisotopic (exact) mass is 227 g/mol. The maximum Gasteiger partial charge on any atom is 0.103 e. The molecule has 1 rings (SSSR count). The lowest BCUT2D eigenvalue weighted by atomic mass is 10.2. The molecule has 0 spiro atoms. The van der Waals surface area contributed by atoms with E-state index < -0.39 is 0 Å². The Bertz CT molecular complexity index is 296. The minimum atomic E-state index is 0.883. The highest BCUT2D eigenvalue weighted by Crippen LogP contribution is 2.21. The molecule has 64 valence electrons. The van der Waals surface area contributed by atoms with Crippen LogP contribution >= 0.6 is 15.9 Å². The molecule has 0 fully saturated rings. The molecule has 0 radical (unpaired) electrons. The number of benzene rings is 1. The fourth-order valence-corrected chi connectivity index (χ4v) is 1.07. The van der Waals surface area contributed by atoms with Crippen LogP contribution < -0.4 is 11.3 Å². The van der Waals surface area contributed by atoms with Crippen molar-refractivity contribution in [1.82, 2.24) is 5.43 Å². The number of halogens is 1. The number of hydrogen-bond donors (Lipinski definition) is 2. The molecule has 0 bridgehead atoms. The van der Waals surface area contributed by atoms with Crippen LogP contribution in [0, 0.1) is 6.92 Å². The van der Waals surface area contributed by atoms with Gasteiger partial charge in [0.25, 0.3) is 0 Å². The summed E-state index contributed by atoms with van der Waals surface area (Å²) in [4.78, 5) is 4.04. The molecular weight excluding hydrogens is 218 g/mol. The van der Waals surface area contributed by atoms with Gasteiger partial charge in [0, 0.05) is 4.47 Å². The third kappa shape index (κ3) is 2.32. The van der Waals surface area contributed by atoms with Gasteiger partial charge in [-0.1, -0.05) is 15.9 Å². The van der Waals surface area contributed by atoms with Crippen LogP contribution in [0.1, 0.15) is 5.56 Å². The zero-order chi connectivity index (χ0) is 8.97. The van der Waals surface area contributed by atoms with E-state index >= 15 is 0 Å². The van der Waals surface area contributed by atoms with E-state index in [1.165, 1.54) is 6.34 Å². The van der Waals surface area contributed by atoms with E-state index in [-0.39, 0.29) is 0 Å². The van der Waals surface area contributed by atoms with Crippen molar-refractivity contribution >= 4 is 28.0 Å². The summed E-state index contributed by atoms with van der Waals surface area (Å²) in [6.07, 6.45) is 1.45. The Morgan fingerprint density at radius 2 is 2.33 bits per heavy atom. The summed E-state index contributed by atoms with van der Waals surface area (Å²) in [7, 11) is 0. The molecule has 1 aromatic rings. The van der Waals surface area contributed by atoms with Crippen molar-refractivity contribution in [3.8, 4) is 0 Å². The van der Waals surface area contributed by atoms with Gasteiger partial charge < -0.3 is 5.43 Å². The first-order chi connectivity index (χ1) is 5.74. The number of aliphatic imine (C=N–C) groups is 1. The van der Waals surface area contributed by atoms with Gasteiger partial charge in [0.1, 0.15) is 6.34 Å². The van der Waals surface area contributed by atoms with Gasteiger partial charge in [0.05, 0.1) is 5.69 Å². The predicted molar refractivity (Wildman–Crippen MR) is 54.4 cm³/mol. The molecule has 0 aliphatic heterocycles. The van der Waals surface area contributed by atoms with E-state index in [1.807, 2.05) is 25.1 Å². The van der Waals surface area contributed by atoms with E-state index in [9.17, 15) is 0 Å². The highest BCUT2D eigenvalue weighted by Gasteiger charge is 1.93. The normalized spacial score (nSPS) is 10.6. The van der Waals surface area contributed by atoms with Gasteiger partial charge in [-0.05, 0) is 30.7 Å². The number of hydrazine groups is 1. The summed E-state index contributed by atoms with van der Waals surface area (Å²) in [5.74, 6) is 5.04. The van der Waals surface area contributed by atoms with E-state index in [0.717, 1.165) is 15.7 Å². The van der Waals surface area contributed by atoms with E-state index in [4.69, 9.17) is 5.84 Å². The number of hydrogen-bond acceptors (Lipinski definition) is 2. The SMILES string of the molecule is Cc1cc(N=CNN)ccc1Br. The molecule has 1 aromatic carbocycles. The van der Waals surface area contributed by atoms with Crippen LogP contribution in [0.3, 0.4) is 0 Å². The molecule has 3 nitrogen and oxygen atoms in total. The third-order valence-corrected chi connectivity index (χ3v) is 2.32. The standard InChI is InChI=1S/C8H10BrN3/c1-6-4-7(11-5-12-10)2-3-8(6)9/h2-5H,10H2,1H3,(H,11,12). The maximum absolute atomic E-state index is 5.04. The molecule has 0 aliphatic rings. The summed E-state index contributed by atoms with van der Waals surface area (Å²) in [6, 6.07) is 5.83. The first-order valence-corrected chi connectivity index (χ1v) is 4.28. The molecule has 0 saturated heterocycles. The average molecular weight is 228 g/mol. The third-order valence-electron chi connectivity index (χ3n) is 1.43. The van der Waals surface area contributed by atoms with Crippen LogP contribution in [-0.2, 0) is 0 Å². The van der Waals surface area contributed by atoms with Crippen molar-refractivity contribution in [2.75, 3.05) is 0 Å². The minimum Gasteiger partial charge on any atom is -0.315 e. The molecule has 3 N–H and O–H groups in total. The van der Waals surface area contributed by atoms with Crippen molar-refractivity contribution in [3.63, 3.8) is 0 Å². The second-order valence-corrected chi connectivity index (χ2v) is 3.21. The Balaban J connectivity index is 2.89. The molecular formula is C8H10BrN3. The van der Waals surface area contributed by atoms with E-state index in [1.54, 1.807) is 0 Å². The maximum atomic E-state index is 5.04. The summed E-state index contributed by atoms with van der Waals surface area (Å²) in [5.41, 5.74) is 4.38. The van der Waals surface area contributed by atoms with Crippen molar-refractivity contribution in [1.29, 1.82) is 0 Å². The van der Waals surface area contributed by atoms with Crippen LogP contribution in [0.2, 0.25) is 0 Å². The second-order valence-electron chi connectivity index (χ2n) is 2.36. The van der Waals surface area contributed by atoms with Gasteiger partial charge in [-0.2, -0.15) is 0 Å². The summed E-state index contributed by atoms with van der Waals surface area (Å²) in [6.45, 7) is 2.01. The Morgan fingerprint density at radius 1 is 1.58 bits per heavy atom. The van der Waals surface area contributed by atoms with Gasteiger partial charge in [0.2, 0.25) is 0 Å². The van der Waals surface area contributed by atoms with Crippen molar-refractivity contribution < 1.29 is 0 Å². The lowest BCUT2D eigenvalue weighted by molar-refractivity contribution is 1.05. The Kier molecular flexibility index (Phi) is 3.25. The average Bonchev–Trinajstić information content (AvgIpc) is 2.07. The zero-order valence-electron chi connectivity index (χ0n) is 6.71. The predicted octanol–water partition coefficient (Wildman–Crippen LogP) is 1.88. The number of aryl methyl sites for hydroxylation is 1. The topological polar surface area (TPSA) is 50.4 Å². The molecule has 0 unspecified atom stereocenters. The molecule has 0 atom stereocenters. The van der Waals surface area contributed by atoms with Gasteiger partial charge in [-0.3, -0.25) is 0 Å². The minimum absolute atomic E-state index is 0.883. The Morgan fingerprint density at radius 3 is 2.92 bits per heavy atom. The highest BCUT2D eigenvalue weighted by atomic mass is 79.9. The van der Waals surface area contributed by atoms with Crippen LogP contribution in [0.15, 0.2) is 27.7 Å². The van der Waals surface area contributed by atoms with Crippen LogP contribution in [0.5, 0.6) is 0 Å². The van der Waals surface area contributed by atoms with Crippen molar-refractivity contribution in [2.45, 2.75) is 6.92 Å². The highest BCUT2D eigenvalue weighted by molar-refractivity contribution is 9.10. The Labute approximate surface area is 79.8 Å². The molecule has 0 amide bonds. The van der Waals surface area contributed by atoms with Gasteiger partial charge in [0.15, 0.2) is 0 Å². The van der Waals surface area contributed by atoms with Crippen molar-refractivity contribution in [2.24, 2.45) is 10.8 Å². The quantitative estimate of drug-likeness (QED) is 0.351. The molecule has 4 heteroatoms. The number of nitrogens with two attached hydrogens (primary N) is 1. The molecule has 0 aromatic heterocycles. The summed E-state index contributed by atoms with van der Waals surface area (Å²) in [5, 5.41) is 0. The number of rotatable bonds is 2. The first-order valence-electron chi connectivity index (χ1n) is 3.49. The molecule has 0 saturated carbocycles.